The summed E-state index contributed by atoms with van der Waals surface area (Å²) in [5.74, 6) is -2.09. The van der Waals surface area contributed by atoms with Crippen LogP contribution in [0.5, 0.6) is 0 Å². The van der Waals surface area contributed by atoms with Gasteiger partial charge in [-0.05, 0) is 66.0 Å². The SMILES string of the molecule is CC.CC1CC(N(C)C)CC(O)O1.CC[C@H]1OC(=O)C(C)C[C@H](C)CC(O)CCC(=O)C(C)C2C(S)C(=O)O[C@@]21C.O. The first kappa shape index (κ1) is 40.8. The molecule has 0 aromatic rings. The van der Waals surface area contributed by atoms with Crippen molar-refractivity contribution in [2.45, 2.75) is 142 Å². The van der Waals surface area contributed by atoms with Crippen LogP contribution in [0.1, 0.15) is 100 Å². The smallest absolute Gasteiger partial charge is 0.319 e. The summed E-state index contributed by atoms with van der Waals surface area (Å²) in [5.41, 5.74) is -1.11. The summed E-state index contributed by atoms with van der Waals surface area (Å²) in [6, 6.07) is 0.466. The van der Waals surface area contributed by atoms with Crippen molar-refractivity contribution in [3.8, 4) is 0 Å². The summed E-state index contributed by atoms with van der Waals surface area (Å²) in [5, 5.41) is 18.8. The zero-order valence-electron chi connectivity index (χ0n) is 27.5. The van der Waals surface area contributed by atoms with E-state index >= 15 is 0 Å². The lowest BCUT2D eigenvalue weighted by atomic mass is 9.73. The molecule has 248 valence electrons. The highest BCUT2D eigenvalue weighted by Gasteiger charge is 2.59. The average molecular weight is 622 g/mol. The molecule has 0 amide bonds. The Balaban J connectivity index is 0.00000101. The van der Waals surface area contributed by atoms with Gasteiger partial charge in [0.25, 0.3) is 0 Å². The first-order valence-electron chi connectivity index (χ1n) is 15.4. The van der Waals surface area contributed by atoms with Crippen LogP contribution in [-0.2, 0) is 28.6 Å². The van der Waals surface area contributed by atoms with Crippen molar-refractivity contribution >= 4 is 30.4 Å². The monoisotopic (exact) mass is 621 g/mol. The maximum atomic E-state index is 12.8. The molecule has 42 heavy (non-hydrogen) atoms. The highest BCUT2D eigenvalue weighted by Crippen LogP contribution is 2.45. The van der Waals surface area contributed by atoms with Crippen LogP contribution >= 0.6 is 12.6 Å². The van der Waals surface area contributed by atoms with Crippen LogP contribution < -0.4 is 0 Å². The molecule has 11 atom stereocenters. The zero-order valence-corrected chi connectivity index (χ0v) is 28.4. The van der Waals surface area contributed by atoms with Crippen LogP contribution in [0.4, 0.5) is 0 Å². The van der Waals surface area contributed by atoms with Crippen LogP contribution in [0.3, 0.4) is 0 Å². The first-order valence-corrected chi connectivity index (χ1v) is 15.9. The number of nitrogens with zero attached hydrogens (tertiary/aromatic N) is 1. The topological polar surface area (TPSA) is 154 Å². The van der Waals surface area contributed by atoms with Crippen molar-refractivity contribution in [3.63, 3.8) is 0 Å². The van der Waals surface area contributed by atoms with Gasteiger partial charge in [-0.15, -0.1) is 0 Å². The number of ketones is 1. The van der Waals surface area contributed by atoms with E-state index in [0.29, 0.717) is 31.7 Å². The summed E-state index contributed by atoms with van der Waals surface area (Å²) in [4.78, 5) is 40.0. The molecule has 0 saturated carbocycles. The van der Waals surface area contributed by atoms with Crippen LogP contribution in [-0.4, -0.2) is 93.9 Å². The molecule has 11 heteroatoms. The number of aliphatic hydroxyl groups excluding tert-OH is 2. The fourth-order valence-corrected chi connectivity index (χ4v) is 6.95. The van der Waals surface area contributed by atoms with E-state index in [2.05, 4.69) is 17.5 Å². The molecule has 3 aliphatic rings. The summed E-state index contributed by atoms with van der Waals surface area (Å²) < 4.78 is 16.7. The molecule has 0 bridgehead atoms. The Kier molecular flexibility index (Phi) is 18.0. The minimum Gasteiger partial charge on any atom is -0.458 e. The molecule has 10 nitrogen and oxygen atoms in total. The van der Waals surface area contributed by atoms with Crippen molar-refractivity contribution in [1.82, 2.24) is 4.90 Å². The molecule has 3 rings (SSSR count). The highest BCUT2D eigenvalue weighted by atomic mass is 32.1. The Morgan fingerprint density at radius 2 is 1.57 bits per heavy atom. The highest BCUT2D eigenvalue weighted by molar-refractivity contribution is 7.81. The molecule has 3 heterocycles. The van der Waals surface area contributed by atoms with Gasteiger partial charge in [0.1, 0.15) is 17.1 Å². The molecule has 0 spiro atoms. The van der Waals surface area contributed by atoms with Gasteiger partial charge in [0.2, 0.25) is 0 Å². The lowest BCUT2D eigenvalue weighted by molar-refractivity contribution is -0.183. The van der Waals surface area contributed by atoms with E-state index < -0.39 is 47.2 Å². The van der Waals surface area contributed by atoms with Gasteiger partial charge >= 0.3 is 11.9 Å². The summed E-state index contributed by atoms with van der Waals surface area (Å²) in [7, 11) is 4.07. The van der Waals surface area contributed by atoms with Gasteiger partial charge in [0, 0.05) is 30.7 Å². The van der Waals surface area contributed by atoms with Crippen molar-refractivity contribution in [2.24, 2.45) is 23.7 Å². The minimum absolute atomic E-state index is 0. The van der Waals surface area contributed by atoms with Gasteiger partial charge in [-0.1, -0.05) is 41.5 Å². The second-order valence-electron chi connectivity index (χ2n) is 12.3. The molecule has 3 fully saturated rings. The fourth-order valence-electron chi connectivity index (χ4n) is 6.35. The molecular weight excluding hydrogens is 562 g/mol. The lowest BCUT2D eigenvalue weighted by Gasteiger charge is -2.39. The number of thiol groups is 1. The van der Waals surface area contributed by atoms with Crippen LogP contribution in [0.25, 0.3) is 0 Å². The Labute approximate surface area is 258 Å². The molecule has 4 N–H and O–H groups in total. The summed E-state index contributed by atoms with van der Waals surface area (Å²) in [6.07, 6.45) is 2.34. The molecule has 0 aromatic carbocycles. The number of Topliss-reactive ketones (excluding diaryl/α,β-unsaturated/α-hetero) is 1. The largest absolute Gasteiger partial charge is 0.458 e. The van der Waals surface area contributed by atoms with Gasteiger partial charge in [-0.3, -0.25) is 14.4 Å². The minimum atomic E-state index is -1.11. The van der Waals surface area contributed by atoms with Crippen molar-refractivity contribution < 1.29 is 44.3 Å². The van der Waals surface area contributed by atoms with E-state index in [0.717, 1.165) is 12.8 Å². The van der Waals surface area contributed by atoms with Crippen molar-refractivity contribution in [3.05, 3.63) is 0 Å². The van der Waals surface area contributed by atoms with Gasteiger partial charge < -0.3 is 34.8 Å². The number of hydrogen-bond donors (Lipinski definition) is 3. The Morgan fingerprint density at radius 3 is 2.10 bits per heavy atom. The number of esters is 2. The quantitative estimate of drug-likeness (QED) is 0.310. The average Bonchev–Trinajstić information content (AvgIpc) is 3.13. The predicted octanol–water partition coefficient (Wildman–Crippen LogP) is 3.59. The van der Waals surface area contributed by atoms with Crippen LogP contribution in [0.2, 0.25) is 0 Å². The number of aliphatic hydroxyl groups is 2. The van der Waals surface area contributed by atoms with Gasteiger partial charge in [-0.2, -0.15) is 12.6 Å². The molecule has 0 aliphatic carbocycles. The maximum absolute atomic E-state index is 12.8. The second-order valence-corrected chi connectivity index (χ2v) is 12.9. The first-order chi connectivity index (χ1) is 19.1. The van der Waals surface area contributed by atoms with E-state index in [1.165, 1.54) is 0 Å². The summed E-state index contributed by atoms with van der Waals surface area (Å²) in [6.45, 7) is 15.2. The standard InChI is InChI=1S/C21H34O6S.C8H17NO2.C2H6.H2O/c1-6-16-21(5)17(18(28)20(25)27-21)13(4)15(23)8-7-14(22)10-11(2)9-12(3)19(24)26-16;1-6-4-7(9(2)3)5-8(10)11-6;1-2;/h11-14,16-18,22,28H,6-10H2,1-5H3;6-8,10H,4-5H2,1-3H3;1-2H3;1H2/t11-,12?,13?,14?,16+,17?,18?,21+;;;/m0.../s1. The lowest BCUT2D eigenvalue weighted by Crippen LogP contribution is -2.51. The van der Waals surface area contributed by atoms with Gasteiger partial charge in [0.15, 0.2) is 11.9 Å². The number of carbonyl (C=O) groups is 3. The van der Waals surface area contributed by atoms with Crippen LogP contribution in [0.15, 0.2) is 0 Å². The number of hydrogen-bond acceptors (Lipinski definition) is 10. The Morgan fingerprint density at radius 1 is 0.976 bits per heavy atom. The third-order valence-corrected chi connectivity index (χ3v) is 9.17. The number of cyclic esters (lactones) is 1. The second kappa shape index (κ2) is 18.5. The predicted molar refractivity (Wildman–Crippen MR) is 166 cm³/mol. The molecule has 0 aromatic heterocycles. The van der Waals surface area contributed by atoms with E-state index in [-0.39, 0.29) is 41.6 Å². The molecule has 0 radical (unpaired) electrons. The van der Waals surface area contributed by atoms with Crippen molar-refractivity contribution in [2.75, 3.05) is 14.1 Å². The number of fused-ring (bicyclic) bond motifs is 1. The number of ether oxygens (including phenoxy) is 3. The van der Waals surface area contributed by atoms with E-state index in [4.69, 9.17) is 14.2 Å². The van der Waals surface area contributed by atoms with Crippen LogP contribution in [0, 0.1) is 23.7 Å². The maximum Gasteiger partial charge on any atom is 0.319 e. The fraction of sp³-hybridized carbons (Fsp3) is 0.903. The summed E-state index contributed by atoms with van der Waals surface area (Å²) >= 11 is 4.43. The third-order valence-electron chi connectivity index (χ3n) is 8.63. The van der Waals surface area contributed by atoms with E-state index in [1.54, 1.807) is 13.8 Å². The van der Waals surface area contributed by atoms with E-state index in [1.807, 2.05) is 55.6 Å². The van der Waals surface area contributed by atoms with Gasteiger partial charge in [-0.25, -0.2) is 0 Å². The number of carbonyl (C=O) groups excluding carboxylic acids is 3. The number of rotatable bonds is 2. The zero-order chi connectivity index (χ0) is 31.7. The normalized spacial score (nSPS) is 39.6. The molecule has 3 aliphatic heterocycles. The molecule has 3 saturated heterocycles. The van der Waals surface area contributed by atoms with Gasteiger partial charge in [0.05, 0.1) is 18.1 Å². The Hall–Kier alpha value is -1.24. The van der Waals surface area contributed by atoms with E-state index in [9.17, 15) is 24.6 Å². The third kappa shape index (κ3) is 11.0. The molecular formula is C31H59NO9S. The molecule has 8 unspecified atom stereocenters. The Bertz CT molecular complexity index is 833. The van der Waals surface area contributed by atoms with Crippen molar-refractivity contribution in [1.29, 1.82) is 0 Å².